The molecule has 2 nitrogen and oxygen atoms in total. The van der Waals surface area contributed by atoms with Gasteiger partial charge in [0, 0.05) is 0 Å². The Bertz CT molecular complexity index is 1140. The zero-order chi connectivity index (χ0) is 25.7. The summed E-state index contributed by atoms with van der Waals surface area (Å²) >= 11 is 0. The molecular weight excluding hydrogens is 461 g/mol. The Morgan fingerprint density at radius 2 is 1.72 bits per heavy atom. The number of rotatable bonds is 7. The van der Waals surface area contributed by atoms with Gasteiger partial charge < -0.3 is 4.74 Å². The Morgan fingerprint density at radius 1 is 0.944 bits per heavy atom. The number of benzene rings is 2. The zero-order valence-corrected chi connectivity index (χ0v) is 21.1. The number of ether oxygens (including phenoxy) is 1. The van der Waals surface area contributed by atoms with Gasteiger partial charge in [0.25, 0.3) is 0 Å². The number of carbonyl (C=O) groups excluding carboxylic acids is 1. The maximum atomic E-state index is 15.1. The third-order valence-corrected chi connectivity index (χ3v) is 7.94. The third kappa shape index (κ3) is 5.93. The van der Waals surface area contributed by atoms with Gasteiger partial charge in [-0.15, -0.1) is 0 Å². The minimum absolute atomic E-state index is 0.0197. The van der Waals surface area contributed by atoms with E-state index >= 15 is 4.39 Å². The van der Waals surface area contributed by atoms with Crippen molar-refractivity contribution in [1.82, 2.24) is 0 Å². The van der Waals surface area contributed by atoms with Crippen LogP contribution in [0.1, 0.15) is 86.2 Å². The lowest BCUT2D eigenvalue weighted by Crippen LogP contribution is -2.30. The SMILES string of the molecule is C/C=C/CCc1ccc(OC(=O)c2ccc(C3CCC4CC(/C=C/C)CCC4C3)c(F)c2)c(F)c1F. The van der Waals surface area contributed by atoms with Crippen molar-refractivity contribution in [2.45, 2.75) is 71.1 Å². The Labute approximate surface area is 212 Å². The van der Waals surface area contributed by atoms with Crippen molar-refractivity contribution in [3.8, 4) is 5.75 Å². The molecule has 2 saturated carbocycles. The third-order valence-electron chi connectivity index (χ3n) is 7.94. The van der Waals surface area contributed by atoms with Crippen LogP contribution in [0.5, 0.6) is 5.75 Å². The number of hydrogen-bond donors (Lipinski definition) is 0. The summed E-state index contributed by atoms with van der Waals surface area (Å²) in [6.45, 7) is 3.93. The summed E-state index contributed by atoms with van der Waals surface area (Å²) in [4.78, 5) is 12.6. The second kappa shape index (κ2) is 11.9. The Morgan fingerprint density at radius 3 is 2.47 bits per heavy atom. The maximum absolute atomic E-state index is 15.1. The second-order valence-corrected chi connectivity index (χ2v) is 10.2. The standard InChI is InChI=1S/C31H35F3O2/c1-3-5-6-8-21-14-16-28(30(34)29(21)33)36-31(35)25-13-15-26(27(32)19-25)24-12-11-22-17-20(7-4-2)9-10-23(22)18-24/h3-5,7,13-16,19-20,22-24H,6,8-12,17-18H2,1-2H3/b5-3+,7-4+. The molecule has 0 aliphatic heterocycles. The highest BCUT2D eigenvalue weighted by Crippen LogP contribution is 2.48. The molecule has 36 heavy (non-hydrogen) atoms. The van der Waals surface area contributed by atoms with Crippen LogP contribution in [-0.2, 0) is 6.42 Å². The van der Waals surface area contributed by atoms with Gasteiger partial charge in [-0.25, -0.2) is 13.6 Å². The number of fused-ring (bicyclic) bond motifs is 1. The first-order valence-electron chi connectivity index (χ1n) is 13.1. The first-order chi connectivity index (χ1) is 17.4. The number of carbonyl (C=O) groups is 1. The zero-order valence-electron chi connectivity index (χ0n) is 21.1. The first kappa shape index (κ1) is 26.2. The van der Waals surface area contributed by atoms with E-state index in [9.17, 15) is 13.6 Å². The van der Waals surface area contributed by atoms with E-state index < -0.39 is 29.2 Å². The lowest BCUT2D eigenvalue weighted by atomic mass is 9.64. The van der Waals surface area contributed by atoms with Gasteiger partial charge in [-0.1, -0.05) is 36.4 Å². The molecule has 0 amide bonds. The molecule has 0 bridgehead atoms. The van der Waals surface area contributed by atoms with Crippen LogP contribution in [0.25, 0.3) is 0 Å². The van der Waals surface area contributed by atoms with Gasteiger partial charge in [-0.05, 0) is 118 Å². The average molecular weight is 497 g/mol. The van der Waals surface area contributed by atoms with E-state index in [1.54, 1.807) is 6.07 Å². The molecule has 0 N–H and O–H groups in total. The van der Waals surface area contributed by atoms with Gasteiger partial charge in [0.15, 0.2) is 11.6 Å². The van der Waals surface area contributed by atoms with Crippen LogP contribution in [0.3, 0.4) is 0 Å². The molecule has 0 saturated heterocycles. The molecule has 192 valence electrons. The molecule has 2 aromatic rings. The fraction of sp³-hybridized carbons (Fsp3) is 0.452. The largest absolute Gasteiger partial charge is 0.420 e. The predicted octanol–water partition coefficient (Wildman–Crippen LogP) is 8.71. The number of hydrogen-bond acceptors (Lipinski definition) is 2. The summed E-state index contributed by atoms with van der Waals surface area (Å²) in [7, 11) is 0. The molecule has 0 spiro atoms. The molecule has 5 heteroatoms. The molecule has 2 fully saturated rings. The summed E-state index contributed by atoms with van der Waals surface area (Å²) in [5.41, 5.74) is 0.822. The topological polar surface area (TPSA) is 26.3 Å². The second-order valence-electron chi connectivity index (χ2n) is 10.2. The van der Waals surface area contributed by atoms with Gasteiger partial charge in [0.2, 0.25) is 5.82 Å². The highest BCUT2D eigenvalue weighted by Gasteiger charge is 2.36. The van der Waals surface area contributed by atoms with Crippen molar-refractivity contribution in [2.75, 3.05) is 0 Å². The Balaban J connectivity index is 1.41. The summed E-state index contributed by atoms with van der Waals surface area (Å²) in [6, 6.07) is 7.00. The van der Waals surface area contributed by atoms with Gasteiger partial charge in [0.05, 0.1) is 5.56 Å². The highest BCUT2D eigenvalue weighted by molar-refractivity contribution is 5.91. The molecular formula is C31H35F3O2. The van der Waals surface area contributed by atoms with E-state index in [1.165, 1.54) is 37.5 Å². The van der Waals surface area contributed by atoms with Crippen molar-refractivity contribution in [3.05, 3.63) is 88.8 Å². The molecule has 0 aromatic heterocycles. The van der Waals surface area contributed by atoms with Gasteiger partial charge in [0.1, 0.15) is 5.82 Å². The van der Waals surface area contributed by atoms with Crippen LogP contribution in [0.15, 0.2) is 54.6 Å². The molecule has 4 rings (SSSR count). The molecule has 0 radical (unpaired) electrons. The fourth-order valence-corrected chi connectivity index (χ4v) is 6.05. The fourth-order valence-electron chi connectivity index (χ4n) is 6.05. The molecule has 0 heterocycles. The van der Waals surface area contributed by atoms with E-state index in [0.717, 1.165) is 25.3 Å². The number of halogens is 3. The molecule has 2 aliphatic rings. The minimum atomic E-state index is -1.21. The van der Waals surface area contributed by atoms with Crippen molar-refractivity contribution < 1.29 is 22.7 Å². The number of esters is 1. The van der Waals surface area contributed by atoms with Crippen LogP contribution >= 0.6 is 0 Å². The number of allylic oxidation sites excluding steroid dienone is 4. The molecule has 4 atom stereocenters. The van der Waals surface area contributed by atoms with Crippen molar-refractivity contribution in [1.29, 1.82) is 0 Å². The lowest BCUT2D eigenvalue weighted by molar-refractivity contribution is 0.0726. The van der Waals surface area contributed by atoms with Crippen LogP contribution in [0.4, 0.5) is 13.2 Å². The minimum Gasteiger partial charge on any atom is -0.420 e. The molecule has 4 unspecified atom stereocenters. The quantitative estimate of drug-likeness (QED) is 0.218. The molecule has 2 aliphatic carbocycles. The van der Waals surface area contributed by atoms with Crippen molar-refractivity contribution in [2.24, 2.45) is 17.8 Å². The van der Waals surface area contributed by atoms with Crippen LogP contribution in [0.2, 0.25) is 0 Å². The summed E-state index contributed by atoms with van der Waals surface area (Å²) < 4.78 is 49.1. The summed E-state index contributed by atoms with van der Waals surface area (Å²) in [5, 5.41) is 0. The van der Waals surface area contributed by atoms with E-state index in [0.29, 0.717) is 36.2 Å². The normalized spacial score (nSPS) is 24.2. The van der Waals surface area contributed by atoms with Crippen LogP contribution < -0.4 is 4.74 Å². The Hall–Kier alpha value is -2.82. The Kier molecular flexibility index (Phi) is 8.71. The highest BCUT2D eigenvalue weighted by atomic mass is 19.2. The van der Waals surface area contributed by atoms with E-state index in [2.05, 4.69) is 19.1 Å². The van der Waals surface area contributed by atoms with E-state index in [1.807, 2.05) is 19.1 Å². The monoisotopic (exact) mass is 496 g/mol. The van der Waals surface area contributed by atoms with Crippen LogP contribution in [-0.4, -0.2) is 5.97 Å². The van der Waals surface area contributed by atoms with Gasteiger partial charge >= 0.3 is 5.97 Å². The average Bonchev–Trinajstić information content (AvgIpc) is 2.88. The van der Waals surface area contributed by atoms with Gasteiger partial charge in [-0.3, -0.25) is 0 Å². The summed E-state index contributed by atoms with van der Waals surface area (Å²) in [5.74, 6) is -1.96. The maximum Gasteiger partial charge on any atom is 0.343 e. The predicted molar refractivity (Wildman–Crippen MR) is 137 cm³/mol. The van der Waals surface area contributed by atoms with Crippen LogP contribution in [0, 0.1) is 35.2 Å². The van der Waals surface area contributed by atoms with E-state index in [-0.39, 0.29) is 17.0 Å². The summed E-state index contributed by atoms with van der Waals surface area (Å²) in [6.07, 6.45) is 15.7. The number of aryl methyl sites for hydroxylation is 1. The first-order valence-corrected chi connectivity index (χ1v) is 13.1. The van der Waals surface area contributed by atoms with Gasteiger partial charge in [-0.2, -0.15) is 4.39 Å². The molecule has 2 aromatic carbocycles. The van der Waals surface area contributed by atoms with E-state index in [4.69, 9.17) is 4.74 Å². The van der Waals surface area contributed by atoms with Crippen molar-refractivity contribution in [3.63, 3.8) is 0 Å². The smallest absolute Gasteiger partial charge is 0.343 e. The van der Waals surface area contributed by atoms with Crippen molar-refractivity contribution >= 4 is 5.97 Å². The lowest BCUT2D eigenvalue weighted by Gasteiger charge is -2.41.